The van der Waals surface area contributed by atoms with Crippen LogP contribution >= 0.6 is 0 Å². The highest BCUT2D eigenvalue weighted by Crippen LogP contribution is 2.57. The fourth-order valence-corrected chi connectivity index (χ4v) is 8.89. The van der Waals surface area contributed by atoms with Crippen LogP contribution in [0, 0.1) is 11.8 Å². The van der Waals surface area contributed by atoms with Gasteiger partial charge in [-0.2, -0.15) is 4.57 Å². The van der Waals surface area contributed by atoms with Crippen molar-refractivity contribution >= 4 is 21.7 Å². The summed E-state index contributed by atoms with van der Waals surface area (Å²) < 4.78 is 2.67. The van der Waals surface area contributed by atoms with Crippen molar-refractivity contribution in [3.63, 3.8) is 0 Å². The lowest BCUT2D eigenvalue weighted by Crippen LogP contribution is -2.55. The van der Waals surface area contributed by atoms with Crippen molar-refractivity contribution in [3.8, 4) is 11.3 Å². The van der Waals surface area contributed by atoms with E-state index in [1.807, 2.05) is 0 Å². The quantitative estimate of drug-likeness (QED) is 0.211. The first-order chi connectivity index (χ1) is 20.5. The minimum atomic E-state index is -0.317. The third-order valence-electron chi connectivity index (χ3n) is 11.4. The Morgan fingerprint density at radius 2 is 1.60 bits per heavy atom. The van der Waals surface area contributed by atoms with Crippen molar-refractivity contribution in [2.24, 2.45) is 11.8 Å². The smallest absolute Gasteiger partial charge is 0.233 e. The summed E-state index contributed by atoms with van der Waals surface area (Å²) in [6.07, 6.45) is 13.4. The normalized spacial score (nSPS) is 20.1. The number of aromatic nitrogens is 2. The van der Waals surface area contributed by atoms with Crippen LogP contribution in [0.25, 0.3) is 32.9 Å². The molecule has 2 aromatic heterocycles. The lowest BCUT2D eigenvalue weighted by molar-refractivity contribution is -0.726. The molecule has 3 aliphatic rings. The standard InChI is InChI=1S/C41H49N2/c1-10-25(11-2)28-20-29(26(12-3)13-4)24-41(23-28)38-35-36(31-16-14-15-17-33(31)42-38)40(8,9)32-22-30(39(5,6)7)21-27-18-19-43(41)37(35)34(27)32/h14-23,25-26H,10-13,24H2,1-9H3/q+1. The first-order valence-electron chi connectivity index (χ1n) is 16.9. The number of benzene rings is 2. The predicted octanol–water partition coefficient (Wildman–Crippen LogP) is 10.5. The van der Waals surface area contributed by atoms with E-state index in [0.717, 1.165) is 24.8 Å². The molecule has 1 aliphatic heterocycles. The Hall–Kier alpha value is -3.26. The average molecular weight is 570 g/mol. The van der Waals surface area contributed by atoms with Gasteiger partial charge in [-0.05, 0) is 82.7 Å². The molecule has 0 saturated carbocycles. The van der Waals surface area contributed by atoms with Crippen LogP contribution in [0.1, 0.15) is 117 Å². The average Bonchev–Trinajstić information content (AvgIpc) is 3.23. The molecular formula is C41H49N2+. The molecule has 0 fully saturated rings. The maximum absolute atomic E-state index is 5.66. The summed E-state index contributed by atoms with van der Waals surface area (Å²) in [6, 6.07) is 16.3. The molecule has 0 amide bonds. The van der Waals surface area contributed by atoms with Crippen LogP contribution in [0.2, 0.25) is 0 Å². The van der Waals surface area contributed by atoms with Gasteiger partial charge in [-0.3, -0.25) is 0 Å². The molecule has 0 saturated heterocycles. The lowest BCUT2D eigenvalue weighted by Gasteiger charge is -2.35. The van der Waals surface area contributed by atoms with Gasteiger partial charge in [0.1, 0.15) is 5.69 Å². The van der Waals surface area contributed by atoms with Crippen molar-refractivity contribution in [1.29, 1.82) is 0 Å². The number of rotatable bonds is 6. The predicted molar refractivity (Wildman–Crippen MR) is 182 cm³/mol. The Morgan fingerprint density at radius 3 is 2.28 bits per heavy atom. The summed E-state index contributed by atoms with van der Waals surface area (Å²) in [5.74, 6) is 1.15. The second-order valence-electron chi connectivity index (χ2n) is 15.1. The third kappa shape index (κ3) is 3.84. The van der Waals surface area contributed by atoms with Crippen molar-refractivity contribution in [1.82, 2.24) is 4.98 Å². The molecule has 1 unspecified atom stereocenters. The van der Waals surface area contributed by atoms with Gasteiger partial charge in [0.15, 0.2) is 6.20 Å². The fraction of sp³-hybridized carbons (Fsp3) is 0.463. The number of hydrogen-bond acceptors (Lipinski definition) is 1. The van der Waals surface area contributed by atoms with Crippen molar-refractivity contribution in [2.75, 3.05) is 0 Å². The zero-order valence-corrected chi connectivity index (χ0v) is 27.9. The molecule has 222 valence electrons. The summed E-state index contributed by atoms with van der Waals surface area (Å²) in [7, 11) is 0. The molecule has 1 atom stereocenters. The van der Waals surface area contributed by atoms with Crippen LogP contribution in [0.4, 0.5) is 0 Å². The first-order valence-corrected chi connectivity index (χ1v) is 16.9. The van der Waals surface area contributed by atoms with E-state index < -0.39 is 0 Å². The van der Waals surface area contributed by atoms with E-state index in [1.165, 1.54) is 68.2 Å². The van der Waals surface area contributed by atoms with Crippen molar-refractivity contribution in [3.05, 3.63) is 94.3 Å². The van der Waals surface area contributed by atoms with Gasteiger partial charge in [-0.1, -0.05) is 104 Å². The second kappa shape index (κ2) is 9.62. The number of pyridine rings is 2. The highest BCUT2D eigenvalue weighted by atomic mass is 15.1. The molecule has 0 radical (unpaired) electrons. The molecule has 7 rings (SSSR count). The lowest BCUT2D eigenvalue weighted by atomic mass is 9.66. The summed E-state index contributed by atoms with van der Waals surface area (Å²) in [5, 5.41) is 4.09. The van der Waals surface area contributed by atoms with Gasteiger partial charge in [0.05, 0.1) is 16.5 Å². The minimum absolute atomic E-state index is 0.0746. The molecule has 3 heterocycles. The summed E-state index contributed by atoms with van der Waals surface area (Å²) in [5.41, 5.74) is 12.2. The van der Waals surface area contributed by atoms with Crippen molar-refractivity contribution < 1.29 is 4.57 Å². The Bertz CT molecular complexity index is 1850. The molecule has 0 bridgehead atoms. The van der Waals surface area contributed by atoms with Gasteiger partial charge in [0.2, 0.25) is 11.2 Å². The minimum Gasteiger partial charge on any atom is -0.244 e. The van der Waals surface area contributed by atoms with Crippen LogP contribution in [0.15, 0.2) is 72.0 Å². The number of fused-ring (bicyclic) bond motifs is 4. The van der Waals surface area contributed by atoms with E-state index in [4.69, 9.17) is 4.98 Å². The number of para-hydroxylation sites is 1. The molecule has 2 aliphatic carbocycles. The Balaban J connectivity index is 1.66. The van der Waals surface area contributed by atoms with Gasteiger partial charge < -0.3 is 0 Å². The second-order valence-corrected chi connectivity index (χ2v) is 15.1. The molecular weight excluding hydrogens is 520 g/mol. The summed E-state index contributed by atoms with van der Waals surface area (Å²) in [6.45, 7) is 21.4. The maximum Gasteiger partial charge on any atom is 0.233 e. The highest BCUT2D eigenvalue weighted by molar-refractivity contribution is 6.06. The Kier molecular flexibility index (Phi) is 6.38. The topological polar surface area (TPSA) is 16.8 Å². The van der Waals surface area contributed by atoms with Gasteiger partial charge >= 0.3 is 0 Å². The monoisotopic (exact) mass is 569 g/mol. The summed E-state index contributed by atoms with van der Waals surface area (Å²) >= 11 is 0. The van der Waals surface area contributed by atoms with Crippen LogP contribution in [0.5, 0.6) is 0 Å². The number of allylic oxidation sites excluding steroid dienone is 4. The van der Waals surface area contributed by atoms with E-state index in [0.29, 0.717) is 11.8 Å². The largest absolute Gasteiger partial charge is 0.244 e. The van der Waals surface area contributed by atoms with E-state index in [-0.39, 0.29) is 16.4 Å². The van der Waals surface area contributed by atoms with Crippen LogP contribution in [0.3, 0.4) is 0 Å². The van der Waals surface area contributed by atoms with Crippen LogP contribution < -0.4 is 4.57 Å². The first kappa shape index (κ1) is 28.5. The third-order valence-corrected chi connectivity index (χ3v) is 11.4. The molecule has 43 heavy (non-hydrogen) atoms. The fourth-order valence-electron chi connectivity index (χ4n) is 8.89. The Morgan fingerprint density at radius 1 is 0.907 bits per heavy atom. The van der Waals surface area contributed by atoms with Gasteiger partial charge in [0, 0.05) is 23.3 Å². The molecule has 4 aromatic rings. The highest BCUT2D eigenvalue weighted by Gasteiger charge is 2.58. The molecule has 2 aromatic carbocycles. The maximum atomic E-state index is 5.66. The molecule has 2 heteroatoms. The molecule has 2 nitrogen and oxygen atoms in total. The number of nitrogens with zero attached hydrogens (tertiary/aromatic N) is 2. The Labute approximate surface area is 258 Å². The van der Waals surface area contributed by atoms with Crippen LogP contribution in [-0.4, -0.2) is 4.98 Å². The van der Waals surface area contributed by atoms with E-state index >= 15 is 0 Å². The SMILES string of the molecule is CCC(CC)C1=CC2(CC(C(CC)CC)=C1)c1nc3ccccc3c3c1-c1c4c(cc(C(C)(C)C)cc4cc[n+]12)C3(C)C. The van der Waals surface area contributed by atoms with Gasteiger partial charge in [0.25, 0.3) is 0 Å². The van der Waals surface area contributed by atoms with E-state index in [1.54, 1.807) is 5.57 Å². The van der Waals surface area contributed by atoms with Crippen LogP contribution in [-0.2, 0) is 16.4 Å². The zero-order valence-electron chi connectivity index (χ0n) is 27.9. The molecule has 1 spiro atoms. The zero-order chi connectivity index (χ0) is 30.5. The van der Waals surface area contributed by atoms with Gasteiger partial charge in [-0.15, -0.1) is 0 Å². The van der Waals surface area contributed by atoms with Gasteiger partial charge in [-0.25, -0.2) is 4.98 Å². The van der Waals surface area contributed by atoms with E-state index in [9.17, 15) is 0 Å². The molecule has 0 N–H and O–H groups in total. The van der Waals surface area contributed by atoms with Crippen molar-refractivity contribution in [2.45, 2.75) is 111 Å². The number of hydrogen-bond donors (Lipinski definition) is 0. The van der Waals surface area contributed by atoms with E-state index in [2.05, 4.69) is 128 Å². The summed E-state index contributed by atoms with van der Waals surface area (Å²) in [4.78, 5) is 5.66.